The molecule has 0 bridgehead atoms. The molecule has 7 rings (SSSR count). The van der Waals surface area contributed by atoms with Crippen LogP contribution in [0, 0.1) is 0 Å². The van der Waals surface area contributed by atoms with Crippen molar-refractivity contribution in [2.75, 3.05) is 31.1 Å². The summed E-state index contributed by atoms with van der Waals surface area (Å²) in [5, 5.41) is 5.84. The first kappa shape index (κ1) is 21.2. The van der Waals surface area contributed by atoms with Gasteiger partial charge in [0.25, 0.3) is 0 Å². The summed E-state index contributed by atoms with van der Waals surface area (Å²) in [6.45, 7) is 10.5. The van der Waals surface area contributed by atoms with Crippen LogP contribution in [0.5, 0.6) is 0 Å². The van der Waals surface area contributed by atoms with Crippen LogP contribution in [0.15, 0.2) is 24.5 Å². The zero-order valence-corrected chi connectivity index (χ0v) is 20.9. The van der Waals surface area contributed by atoms with Crippen LogP contribution in [0.3, 0.4) is 0 Å². The van der Waals surface area contributed by atoms with Gasteiger partial charge in [0, 0.05) is 71.9 Å². The second kappa shape index (κ2) is 7.72. The Bertz CT molecular complexity index is 1430. The molecular weight excluding hydrogens is 434 g/mol. The molecule has 4 aromatic rings. The molecule has 35 heavy (non-hydrogen) atoms. The van der Waals surface area contributed by atoms with Crippen molar-refractivity contribution in [1.82, 2.24) is 30.2 Å². The van der Waals surface area contributed by atoms with Gasteiger partial charge in [-0.25, -0.2) is 15.0 Å². The van der Waals surface area contributed by atoms with E-state index in [1.807, 2.05) is 6.20 Å². The molecule has 7 heteroatoms. The minimum absolute atomic E-state index is 0.0103. The van der Waals surface area contributed by atoms with Crippen molar-refractivity contribution in [2.24, 2.45) is 0 Å². The van der Waals surface area contributed by atoms with Crippen LogP contribution in [0.25, 0.3) is 33.3 Å². The Balaban J connectivity index is 1.50. The molecule has 2 saturated carbocycles. The van der Waals surface area contributed by atoms with Crippen LogP contribution < -0.4 is 10.2 Å². The lowest BCUT2D eigenvalue weighted by atomic mass is 9.92. The van der Waals surface area contributed by atoms with E-state index >= 15 is 0 Å². The Labute approximate surface area is 205 Å². The van der Waals surface area contributed by atoms with E-state index in [1.165, 1.54) is 48.0 Å². The first-order chi connectivity index (χ1) is 17.0. The third-order valence-electron chi connectivity index (χ3n) is 7.74. The van der Waals surface area contributed by atoms with Gasteiger partial charge < -0.3 is 15.2 Å². The van der Waals surface area contributed by atoms with Crippen LogP contribution >= 0.6 is 0 Å². The van der Waals surface area contributed by atoms with E-state index < -0.39 is 0 Å². The molecule has 3 fully saturated rings. The van der Waals surface area contributed by atoms with Gasteiger partial charge in [0.05, 0.1) is 11.2 Å². The molecule has 0 spiro atoms. The molecule has 0 unspecified atom stereocenters. The molecule has 1 aliphatic heterocycles. The Morgan fingerprint density at radius 1 is 0.971 bits per heavy atom. The normalized spacial score (nSPS) is 19.1. The van der Waals surface area contributed by atoms with E-state index in [0.29, 0.717) is 11.8 Å². The average Bonchev–Trinajstić information content (AvgIpc) is 3.79. The molecule has 0 amide bonds. The fraction of sp³-hybridized carbons (Fsp3) is 0.500. The van der Waals surface area contributed by atoms with Gasteiger partial charge in [0.1, 0.15) is 11.5 Å². The van der Waals surface area contributed by atoms with Gasteiger partial charge in [-0.2, -0.15) is 0 Å². The quantitative estimate of drug-likeness (QED) is 0.438. The first-order valence-electron chi connectivity index (χ1n) is 13.1. The zero-order chi connectivity index (χ0) is 23.7. The maximum atomic E-state index is 5.33. The fourth-order valence-electron chi connectivity index (χ4n) is 5.38. The number of nitrogens with one attached hydrogen (secondary N) is 2. The average molecular weight is 468 g/mol. The number of anilines is 1. The summed E-state index contributed by atoms with van der Waals surface area (Å²) in [6.07, 6.45) is 8.92. The molecular formula is C28H33N7. The van der Waals surface area contributed by atoms with E-state index in [0.717, 1.165) is 59.9 Å². The second-order valence-corrected chi connectivity index (χ2v) is 11.5. The van der Waals surface area contributed by atoms with Crippen LogP contribution in [-0.4, -0.2) is 51.1 Å². The van der Waals surface area contributed by atoms with Crippen molar-refractivity contribution >= 4 is 27.8 Å². The molecule has 0 atom stereocenters. The highest BCUT2D eigenvalue weighted by Crippen LogP contribution is 2.49. The van der Waals surface area contributed by atoms with Crippen molar-refractivity contribution in [2.45, 2.75) is 63.7 Å². The lowest BCUT2D eigenvalue weighted by Crippen LogP contribution is -2.44. The van der Waals surface area contributed by atoms with Gasteiger partial charge in [-0.3, -0.25) is 4.98 Å². The highest BCUT2D eigenvalue weighted by atomic mass is 15.2. The molecule has 2 aliphatic carbocycles. The SMILES string of the molecule is CC(C)(C)c1cc2c(-c3nc(N4CCNCC4)c4c(C5CC5)cnc(C5CC5)c4n3)ccnc2[nH]1. The Hall–Kier alpha value is -3.06. The molecule has 0 aromatic carbocycles. The maximum Gasteiger partial charge on any atom is 0.163 e. The summed E-state index contributed by atoms with van der Waals surface area (Å²) >= 11 is 0. The van der Waals surface area contributed by atoms with E-state index in [2.05, 4.69) is 59.3 Å². The highest BCUT2D eigenvalue weighted by molar-refractivity contribution is 5.98. The second-order valence-electron chi connectivity index (χ2n) is 11.5. The van der Waals surface area contributed by atoms with Crippen LogP contribution in [0.4, 0.5) is 5.82 Å². The number of nitrogens with zero attached hydrogens (tertiary/aromatic N) is 5. The van der Waals surface area contributed by atoms with Gasteiger partial charge >= 0.3 is 0 Å². The molecule has 2 N–H and O–H groups in total. The summed E-state index contributed by atoms with van der Waals surface area (Å²) < 4.78 is 0. The molecule has 1 saturated heterocycles. The van der Waals surface area contributed by atoms with Crippen LogP contribution in [0.1, 0.15) is 75.2 Å². The number of fused-ring (bicyclic) bond motifs is 2. The fourth-order valence-corrected chi connectivity index (χ4v) is 5.38. The topological polar surface area (TPSA) is 82.6 Å². The summed E-state index contributed by atoms with van der Waals surface area (Å²) in [6, 6.07) is 4.30. The predicted octanol–water partition coefficient (Wildman–Crippen LogP) is 5.03. The molecule has 7 nitrogen and oxygen atoms in total. The van der Waals surface area contributed by atoms with E-state index in [9.17, 15) is 0 Å². The molecule has 0 radical (unpaired) electrons. The van der Waals surface area contributed by atoms with Crippen molar-refractivity contribution in [1.29, 1.82) is 0 Å². The van der Waals surface area contributed by atoms with E-state index in [-0.39, 0.29) is 5.41 Å². The maximum absolute atomic E-state index is 5.33. The lowest BCUT2D eigenvalue weighted by molar-refractivity contribution is 0.574. The molecule has 5 heterocycles. The highest BCUT2D eigenvalue weighted by Gasteiger charge is 2.34. The Morgan fingerprint density at radius 3 is 2.46 bits per heavy atom. The van der Waals surface area contributed by atoms with Gasteiger partial charge in [-0.05, 0) is 49.3 Å². The van der Waals surface area contributed by atoms with Crippen molar-refractivity contribution in [3.8, 4) is 11.4 Å². The number of aromatic amines is 1. The summed E-state index contributed by atoms with van der Waals surface area (Å²) in [7, 11) is 0. The predicted molar refractivity (Wildman–Crippen MR) is 140 cm³/mol. The number of pyridine rings is 2. The number of piperazine rings is 1. The Morgan fingerprint density at radius 2 is 1.74 bits per heavy atom. The van der Waals surface area contributed by atoms with Gasteiger partial charge in [-0.15, -0.1) is 0 Å². The summed E-state index contributed by atoms with van der Waals surface area (Å²) in [4.78, 5) is 26.3. The van der Waals surface area contributed by atoms with Gasteiger partial charge in [-0.1, -0.05) is 20.8 Å². The molecule has 3 aliphatic rings. The Kier molecular flexibility index (Phi) is 4.68. The van der Waals surface area contributed by atoms with Gasteiger partial charge in [0.15, 0.2) is 5.82 Å². The summed E-state index contributed by atoms with van der Waals surface area (Å²) in [5.74, 6) is 3.01. The molecule has 4 aromatic heterocycles. The molecule has 180 valence electrons. The van der Waals surface area contributed by atoms with Gasteiger partial charge in [0.2, 0.25) is 0 Å². The van der Waals surface area contributed by atoms with Crippen molar-refractivity contribution in [3.63, 3.8) is 0 Å². The number of aromatic nitrogens is 5. The van der Waals surface area contributed by atoms with Crippen molar-refractivity contribution < 1.29 is 0 Å². The van der Waals surface area contributed by atoms with E-state index in [1.54, 1.807) is 0 Å². The largest absolute Gasteiger partial charge is 0.353 e. The standard InChI is InChI=1S/C28H33N7/c1-28(2,3)21-14-19-18(8-9-30-25(19)32-21)26-33-24-22(27(34-26)35-12-10-29-11-13-35)20(16-4-5-16)15-31-23(24)17-6-7-17/h8-9,14-17,29H,4-7,10-13H2,1-3H3,(H,30,32). The third-order valence-corrected chi connectivity index (χ3v) is 7.74. The van der Waals surface area contributed by atoms with E-state index in [4.69, 9.17) is 15.0 Å². The minimum atomic E-state index is 0.0103. The first-order valence-corrected chi connectivity index (χ1v) is 13.1. The third kappa shape index (κ3) is 3.68. The van der Waals surface area contributed by atoms with Crippen LogP contribution in [-0.2, 0) is 5.41 Å². The van der Waals surface area contributed by atoms with Crippen molar-refractivity contribution in [3.05, 3.63) is 41.5 Å². The number of rotatable bonds is 4. The number of hydrogen-bond acceptors (Lipinski definition) is 6. The number of H-pyrrole nitrogens is 1. The lowest BCUT2D eigenvalue weighted by Gasteiger charge is -2.30. The number of hydrogen-bond donors (Lipinski definition) is 2. The summed E-state index contributed by atoms with van der Waals surface area (Å²) in [5.41, 5.74) is 6.71. The van der Waals surface area contributed by atoms with Crippen LogP contribution in [0.2, 0.25) is 0 Å². The monoisotopic (exact) mass is 467 g/mol. The smallest absolute Gasteiger partial charge is 0.163 e. The zero-order valence-electron chi connectivity index (χ0n) is 20.9. The minimum Gasteiger partial charge on any atom is -0.353 e.